The van der Waals surface area contributed by atoms with E-state index in [0.29, 0.717) is 18.6 Å². The molecule has 1 aliphatic carbocycles. The Morgan fingerprint density at radius 2 is 1.93 bits per heavy atom. The van der Waals surface area contributed by atoms with E-state index < -0.39 is 0 Å². The maximum atomic E-state index is 6.16. The molecule has 1 saturated carbocycles. The second-order valence-electron chi connectivity index (χ2n) is 9.50. The number of hydrogen-bond acceptors (Lipinski definition) is 6. The summed E-state index contributed by atoms with van der Waals surface area (Å²) in [6, 6.07) is 0.521. The summed E-state index contributed by atoms with van der Waals surface area (Å²) < 4.78 is 7.31. The number of fused-ring (bicyclic) bond motifs is 5. The SMILES string of the molecule is CC(C)c1nc2sc3c(NC4CCCCC4)ncnc3c2c2c1COC(C)(C)C2. The minimum atomic E-state index is -0.167. The first-order chi connectivity index (χ1) is 13.9. The van der Waals surface area contributed by atoms with E-state index in [-0.39, 0.29) is 5.60 Å². The minimum absolute atomic E-state index is 0.167. The fraction of sp³-hybridized carbons (Fsp3) is 0.609. The van der Waals surface area contributed by atoms with Gasteiger partial charge >= 0.3 is 0 Å². The first kappa shape index (κ1) is 19.2. The molecule has 6 heteroatoms. The van der Waals surface area contributed by atoms with Gasteiger partial charge in [-0.1, -0.05) is 33.1 Å². The molecule has 5 nitrogen and oxygen atoms in total. The maximum Gasteiger partial charge on any atom is 0.147 e. The van der Waals surface area contributed by atoms with Crippen LogP contribution in [0.15, 0.2) is 6.33 Å². The van der Waals surface area contributed by atoms with Crippen LogP contribution in [0.4, 0.5) is 5.82 Å². The van der Waals surface area contributed by atoms with Gasteiger partial charge in [0.1, 0.15) is 17.0 Å². The van der Waals surface area contributed by atoms with Gasteiger partial charge in [0, 0.05) is 23.4 Å². The number of hydrogen-bond donors (Lipinski definition) is 1. The molecule has 0 unspecified atom stereocenters. The Kier molecular flexibility index (Phi) is 4.74. The fourth-order valence-corrected chi connectivity index (χ4v) is 5.97. The zero-order valence-corrected chi connectivity index (χ0v) is 18.7. The normalized spacial score (nSPS) is 19.8. The molecule has 154 valence electrons. The largest absolute Gasteiger partial charge is 0.370 e. The molecule has 1 fully saturated rings. The summed E-state index contributed by atoms with van der Waals surface area (Å²) in [6.45, 7) is 9.43. The lowest BCUT2D eigenvalue weighted by Crippen LogP contribution is -2.32. The predicted octanol–water partition coefficient (Wildman–Crippen LogP) is 5.96. The van der Waals surface area contributed by atoms with Crippen LogP contribution < -0.4 is 5.32 Å². The molecule has 0 radical (unpaired) electrons. The lowest BCUT2D eigenvalue weighted by Gasteiger charge is -2.33. The van der Waals surface area contributed by atoms with Crippen LogP contribution >= 0.6 is 11.3 Å². The van der Waals surface area contributed by atoms with Gasteiger partial charge in [0.05, 0.1) is 28.1 Å². The first-order valence-corrected chi connectivity index (χ1v) is 11.7. The topological polar surface area (TPSA) is 59.9 Å². The number of aromatic nitrogens is 3. The summed E-state index contributed by atoms with van der Waals surface area (Å²) in [6.07, 6.45) is 9.03. The quantitative estimate of drug-likeness (QED) is 0.577. The lowest BCUT2D eigenvalue weighted by molar-refractivity contribution is -0.0402. The Morgan fingerprint density at radius 1 is 1.14 bits per heavy atom. The van der Waals surface area contributed by atoms with Gasteiger partial charge in [0.15, 0.2) is 0 Å². The Bertz CT molecular complexity index is 1070. The molecule has 0 saturated heterocycles. The van der Waals surface area contributed by atoms with Gasteiger partial charge in [0.2, 0.25) is 0 Å². The van der Waals surface area contributed by atoms with E-state index in [2.05, 4.69) is 38.0 Å². The molecule has 4 heterocycles. The average Bonchev–Trinajstić information content (AvgIpc) is 3.07. The van der Waals surface area contributed by atoms with Crippen LogP contribution in [0.1, 0.15) is 82.5 Å². The first-order valence-electron chi connectivity index (χ1n) is 10.9. The molecular formula is C23H30N4OS. The van der Waals surface area contributed by atoms with Gasteiger partial charge in [-0.3, -0.25) is 0 Å². The van der Waals surface area contributed by atoms with Gasteiger partial charge in [-0.25, -0.2) is 15.0 Å². The molecule has 0 bridgehead atoms. The Hall–Kier alpha value is -1.79. The molecule has 0 spiro atoms. The smallest absolute Gasteiger partial charge is 0.147 e. The van der Waals surface area contributed by atoms with E-state index in [0.717, 1.165) is 27.3 Å². The van der Waals surface area contributed by atoms with Crippen molar-refractivity contribution in [2.45, 2.75) is 90.4 Å². The van der Waals surface area contributed by atoms with Crippen molar-refractivity contribution in [2.75, 3.05) is 5.32 Å². The minimum Gasteiger partial charge on any atom is -0.370 e. The summed E-state index contributed by atoms with van der Waals surface area (Å²) in [7, 11) is 0. The van der Waals surface area contributed by atoms with Crippen molar-refractivity contribution in [1.82, 2.24) is 15.0 Å². The van der Waals surface area contributed by atoms with Crippen molar-refractivity contribution in [3.63, 3.8) is 0 Å². The number of thiophene rings is 1. The number of nitrogens with one attached hydrogen (secondary N) is 1. The highest BCUT2D eigenvalue weighted by atomic mass is 32.1. The molecule has 5 rings (SSSR count). The van der Waals surface area contributed by atoms with E-state index in [4.69, 9.17) is 14.7 Å². The van der Waals surface area contributed by atoms with Crippen LogP contribution in [0.25, 0.3) is 20.4 Å². The average molecular weight is 411 g/mol. The second kappa shape index (κ2) is 7.17. The molecule has 0 amide bonds. The number of ether oxygens (including phenoxy) is 1. The van der Waals surface area contributed by atoms with Gasteiger partial charge in [-0.2, -0.15) is 0 Å². The zero-order valence-electron chi connectivity index (χ0n) is 17.8. The van der Waals surface area contributed by atoms with Crippen molar-refractivity contribution in [3.8, 4) is 0 Å². The predicted molar refractivity (Wildman–Crippen MR) is 120 cm³/mol. The van der Waals surface area contributed by atoms with E-state index in [1.807, 2.05) is 0 Å². The molecule has 1 aliphatic heterocycles. The lowest BCUT2D eigenvalue weighted by atomic mass is 9.87. The number of nitrogens with zero attached hydrogens (tertiary/aromatic N) is 3. The van der Waals surface area contributed by atoms with Crippen LogP contribution in [-0.2, 0) is 17.8 Å². The van der Waals surface area contributed by atoms with Crippen LogP contribution in [0, 0.1) is 0 Å². The molecule has 3 aromatic heterocycles. The molecule has 0 atom stereocenters. The van der Waals surface area contributed by atoms with Crippen molar-refractivity contribution >= 4 is 37.6 Å². The van der Waals surface area contributed by atoms with Gasteiger partial charge in [-0.15, -0.1) is 11.3 Å². The third kappa shape index (κ3) is 3.40. The third-order valence-corrected chi connectivity index (χ3v) is 7.43. The summed E-state index contributed by atoms with van der Waals surface area (Å²) in [5.74, 6) is 1.35. The molecule has 3 aromatic rings. The summed E-state index contributed by atoms with van der Waals surface area (Å²) in [5.41, 5.74) is 4.70. The Labute approximate surface area is 176 Å². The van der Waals surface area contributed by atoms with Crippen molar-refractivity contribution in [1.29, 1.82) is 0 Å². The van der Waals surface area contributed by atoms with Crippen LogP contribution in [0.5, 0.6) is 0 Å². The summed E-state index contributed by atoms with van der Waals surface area (Å²) in [4.78, 5) is 15.6. The van der Waals surface area contributed by atoms with Crippen molar-refractivity contribution < 1.29 is 4.74 Å². The van der Waals surface area contributed by atoms with Gasteiger partial charge in [-0.05, 0) is 38.2 Å². The molecule has 2 aliphatic rings. The van der Waals surface area contributed by atoms with Crippen molar-refractivity contribution in [3.05, 3.63) is 23.1 Å². The molecular weight excluding hydrogens is 380 g/mol. The highest BCUT2D eigenvalue weighted by Gasteiger charge is 2.32. The number of rotatable bonds is 3. The maximum absolute atomic E-state index is 6.16. The molecule has 1 N–H and O–H groups in total. The number of anilines is 1. The summed E-state index contributed by atoms with van der Waals surface area (Å²) >= 11 is 1.74. The van der Waals surface area contributed by atoms with E-state index in [1.54, 1.807) is 17.7 Å². The standard InChI is InChI=1S/C23H30N4OS/c1-13(2)18-16-11-28-23(3,4)10-15(16)17-19-20(29-22(17)27-18)21(25-12-24-19)26-14-8-6-5-7-9-14/h12-14H,5-11H2,1-4H3,(H,24,25,26). The van der Waals surface area contributed by atoms with E-state index >= 15 is 0 Å². The fourth-order valence-electron chi connectivity index (χ4n) is 4.85. The highest BCUT2D eigenvalue weighted by molar-refractivity contribution is 7.26. The monoisotopic (exact) mass is 410 g/mol. The zero-order chi connectivity index (χ0) is 20.2. The Balaban J connectivity index is 1.70. The summed E-state index contributed by atoms with van der Waals surface area (Å²) in [5, 5.41) is 4.94. The molecule has 29 heavy (non-hydrogen) atoms. The van der Waals surface area contributed by atoms with E-state index in [1.165, 1.54) is 54.3 Å². The highest BCUT2D eigenvalue weighted by Crippen LogP contribution is 2.43. The van der Waals surface area contributed by atoms with E-state index in [9.17, 15) is 0 Å². The van der Waals surface area contributed by atoms with Gasteiger partial charge in [0.25, 0.3) is 0 Å². The van der Waals surface area contributed by atoms with Crippen LogP contribution in [0.3, 0.4) is 0 Å². The van der Waals surface area contributed by atoms with Gasteiger partial charge < -0.3 is 10.1 Å². The number of pyridine rings is 1. The van der Waals surface area contributed by atoms with Crippen LogP contribution in [-0.4, -0.2) is 26.6 Å². The van der Waals surface area contributed by atoms with Crippen LogP contribution in [0.2, 0.25) is 0 Å². The third-order valence-electron chi connectivity index (χ3n) is 6.35. The Morgan fingerprint density at radius 3 is 2.69 bits per heavy atom. The van der Waals surface area contributed by atoms with Crippen molar-refractivity contribution in [2.24, 2.45) is 0 Å². The second-order valence-corrected chi connectivity index (χ2v) is 10.5. The molecule has 0 aromatic carbocycles.